The van der Waals surface area contributed by atoms with Crippen LogP contribution >= 0.6 is 0 Å². The minimum Gasteiger partial charge on any atom is -0.480 e. The quantitative estimate of drug-likeness (QED) is 0.680. The number of hydrogen-bond acceptors (Lipinski definition) is 3. The first-order valence-corrected chi connectivity index (χ1v) is 6.49. The zero-order valence-corrected chi connectivity index (χ0v) is 11.7. The van der Waals surface area contributed by atoms with Crippen LogP contribution < -0.4 is 10.6 Å². The number of allylic oxidation sites excluding steroid dienone is 6. The second kappa shape index (κ2) is 8.12. The van der Waals surface area contributed by atoms with Crippen LogP contribution in [-0.4, -0.2) is 35.6 Å². The maximum atomic E-state index is 12.0. The van der Waals surface area contributed by atoms with Crippen LogP contribution in [0.3, 0.4) is 0 Å². The predicted molar refractivity (Wildman–Crippen MR) is 78.2 cm³/mol. The van der Waals surface area contributed by atoms with Crippen LogP contribution in [0.1, 0.15) is 13.8 Å². The van der Waals surface area contributed by atoms with Crippen LogP contribution in [0.15, 0.2) is 48.1 Å². The van der Waals surface area contributed by atoms with Crippen LogP contribution in [-0.2, 0) is 9.59 Å². The molecule has 0 radical (unpaired) electrons. The number of nitrogens with one attached hydrogen (secondary N) is 2. The van der Waals surface area contributed by atoms with Crippen LogP contribution in [0.5, 0.6) is 0 Å². The molecule has 0 spiro atoms. The molecule has 0 aromatic rings. The number of carbonyl (C=O) groups excluding carboxylic acids is 1. The van der Waals surface area contributed by atoms with Gasteiger partial charge >= 0.3 is 5.97 Å². The first-order chi connectivity index (χ1) is 9.50. The highest BCUT2D eigenvalue weighted by molar-refractivity contribution is 5.96. The van der Waals surface area contributed by atoms with E-state index >= 15 is 0 Å². The van der Waals surface area contributed by atoms with Crippen molar-refractivity contribution in [1.82, 2.24) is 10.6 Å². The Kier molecular flexibility index (Phi) is 6.46. The number of rotatable bonds is 6. The van der Waals surface area contributed by atoms with Gasteiger partial charge in [0, 0.05) is 18.2 Å². The molecule has 0 aliphatic heterocycles. The molecule has 1 unspecified atom stereocenters. The molecule has 0 saturated heterocycles. The third-order valence-corrected chi connectivity index (χ3v) is 2.56. The summed E-state index contributed by atoms with van der Waals surface area (Å²) >= 11 is 0. The van der Waals surface area contributed by atoms with Crippen LogP contribution in [0.4, 0.5) is 0 Å². The van der Waals surface area contributed by atoms with E-state index in [1.807, 2.05) is 32.1 Å². The molecule has 0 bridgehead atoms. The molecule has 1 atom stereocenters. The lowest BCUT2D eigenvalue weighted by Crippen LogP contribution is -2.48. The van der Waals surface area contributed by atoms with Gasteiger partial charge in [-0.3, -0.25) is 9.59 Å². The number of amides is 1. The number of carbonyl (C=O) groups is 2. The predicted octanol–water partition coefficient (Wildman–Crippen LogP) is 1.16. The van der Waals surface area contributed by atoms with Crippen molar-refractivity contribution in [3.05, 3.63) is 48.1 Å². The highest BCUT2D eigenvalue weighted by Gasteiger charge is 2.19. The second-order valence-corrected chi connectivity index (χ2v) is 4.67. The standard InChI is InChI=1S/C15H20N2O3/c1-11(2)17-13(15(19)20)10-16-14(18)12-8-6-4-3-5-7-9-12/h3-9,11,13,17H,10H2,1-2H3,(H,16,18)(H,19,20)/b4-3-,5-3?,6-4?,7-5-,8-6-,9-7?,12-8?,12-9+. The van der Waals surface area contributed by atoms with Gasteiger partial charge in [0.15, 0.2) is 0 Å². The topological polar surface area (TPSA) is 78.4 Å². The van der Waals surface area contributed by atoms with Gasteiger partial charge in [0.05, 0.1) is 0 Å². The summed E-state index contributed by atoms with van der Waals surface area (Å²) < 4.78 is 0. The fourth-order valence-corrected chi connectivity index (χ4v) is 1.63. The van der Waals surface area contributed by atoms with Crippen LogP contribution in [0.2, 0.25) is 0 Å². The molecular weight excluding hydrogens is 256 g/mol. The Hall–Kier alpha value is -2.14. The number of aliphatic carboxylic acids is 1. The van der Waals surface area contributed by atoms with E-state index in [0.29, 0.717) is 5.57 Å². The fraction of sp³-hybridized carbons (Fsp3) is 0.333. The van der Waals surface area contributed by atoms with Gasteiger partial charge in [0.25, 0.3) is 5.91 Å². The molecule has 0 saturated carbocycles. The Morgan fingerprint density at radius 2 is 1.80 bits per heavy atom. The van der Waals surface area contributed by atoms with Crippen molar-refractivity contribution in [2.45, 2.75) is 25.9 Å². The summed E-state index contributed by atoms with van der Waals surface area (Å²) in [5.74, 6) is -1.28. The molecule has 1 aliphatic rings. The molecule has 0 fully saturated rings. The molecule has 5 nitrogen and oxygen atoms in total. The van der Waals surface area contributed by atoms with Gasteiger partial charge in [0.2, 0.25) is 0 Å². The summed E-state index contributed by atoms with van der Waals surface area (Å²) in [5.41, 5.74) is 0.485. The van der Waals surface area contributed by atoms with Gasteiger partial charge < -0.3 is 15.7 Å². The van der Waals surface area contributed by atoms with Crippen molar-refractivity contribution in [3.63, 3.8) is 0 Å². The molecule has 3 N–H and O–H groups in total. The van der Waals surface area contributed by atoms with E-state index in [9.17, 15) is 9.59 Å². The molecular formula is C15H20N2O3. The van der Waals surface area contributed by atoms with E-state index in [-0.39, 0.29) is 18.5 Å². The highest BCUT2D eigenvalue weighted by Crippen LogP contribution is 2.02. The minimum absolute atomic E-state index is 0.0292. The number of carboxylic acid groups (broad SMARTS) is 1. The van der Waals surface area contributed by atoms with Gasteiger partial charge in [-0.2, -0.15) is 0 Å². The van der Waals surface area contributed by atoms with Crippen molar-refractivity contribution < 1.29 is 14.7 Å². The van der Waals surface area contributed by atoms with Crippen molar-refractivity contribution in [1.29, 1.82) is 0 Å². The van der Waals surface area contributed by atoms with Gasteiger partial charge in [0.1, 0.15) is 6.04 Å². The zero-order chi connectivity index (χ0) is 15.0. The van der Waals surface area contributed by atoms with E-state index in [1.165, 1.54) is 0 Å². The maximum absolute atomic E-state index is 12.0. The summed E-state index contributed by atoms with van der Waals surface area (Å²) in [4.78, 5) is 23.0. The summed E-state index contributed by atoms with van der Waals surface area (Å²) in [6.07, 6.45) is 12.4. The lowest BCUT2D eigenvalue weighted by molar-refractivity contribution is -0.139. The lowest BCUT2D eigenvalue weighted by Gasteiger charge is -2.17. The monoisotopic (exact) mass is 276 g/mol. The summed E-state index contributed by atoms with van der Waals surface area (Å²) in [6.45, 7) is 3.75. The minimum atomic E-state index is -0.982. The highest BCUT2D eigenvalue weighted by atomic mass is 16.4. The summed E-state index contributed by atoms with van der Waals surface area (Å²) in [7, 11) is 0. The third-order valence-electron chi connectivity index (χ3n) is 2.56. The average molecular weight is 276 g/mol. The van der Waals surface area contributed by atoms with Crippen molar-refractivity contribution in [2.75, 3.05) is 6.54 Å². The molecule has 0 heterocycles. The fourth-order valence-electron chi connectivity index (χ4n) is 1.63. The molecule has 0 aromatic carbocycles. The normalized spacial score (nSPS) is 22.9. The molecule has 108 valence electrons. The van der Waals surface area contributed by atoms with Crippen molar-refractivity contribution in [3.8, 4) is 0 Å². The van der Waals surface area contributed by atoms with Gasteiger partial charge in [-0.15, -0.1) is 0 Å². The van der Waals surface area contributed by atoms with E-state index in [1.54, 1.807) is 24.3 Å². The van der Waals surface area contributed by atoms with Gasteiger partial charge in [-0.05, 0) is 12.2 Å². The molecule has 0 aromatic heterocycles. The smallest absolute Gasteiger partial charge is 0.322 e. The van der Waals surface area contributed by atoms with Crippen molar-refractivity contribution in [2.24, 2.45) is 0 Å². The maximum Gasteiger partial charge on any atom is 0.322 e. The molecule has 1 aliphatic carbocycles. The Labute approximate surface area is 118 Å². The SMILES string of the molecule is CC(C)NC(CNC(=O)C1=C/C=C\C=C/C=C\1)C(=O)O. The first-order valence-electron chi connectivity index (χ1n) is 6.49. The Balaban J connectivity index is 2.59. The Morgan fingerprint density at radius 1 is 1.15 bits per heavy atom. The average Bonchev–Trinajstić information content (AvgIpc) is 2.32. The molecule has 5 heteroatoms. The number of carboxylic acids is 1. The van der Waals surface area contributed by atoms with Crippen LogP contribution in [0.25, 0.3) is 0 Å². The molecule has 20 heavy (non-hydrogen) atoms. The second-order valence-electron chi connectivity index (χ2n) is 4.67. The number of hydrogen-bond donors (Lipinski definition) is 3. The lowest BCUT2D eigenvalue weighted by atomic mass is 10.1. The zero-order valence-electron chi connectivity index (χ0n) is 11.7. The third kappa shape index (κ3) is 5.67. The van der Waals surface area contributed by atoms with E-state index in [0.717, 1.165) is 0 Å². The van der Waals surface area contributed by atoms with Gasteiger partial charge in [-0.1, -0.05) is 44.2 Å². The Bertz CT molecular complexity index is 474. The molecule has 1 rings (SSSR count). The Morgan fingerprint density at radius 3 is 2.45 bits per heavy atom. The first kappa shape index (κ1) is 15.9. The van der Waals surface area contributed by atoms with Crippen LogP contribution in [0, 0.1) is 0 Å². The largest absolute Gasteiger partial charge is 0.480 e. The summed E-state index contributed by atoms with van der Waals surface area (Å²) in [5, 5.41) is 14.6. The summed E-state index contributed by atoms with van der Waals surface area (Å²) in [6, 6.07) is -0.769. The molecule has 1 amide bonds. The van der Waals surface area contributed by atoms with Crippen molar-refractivity contribution >= 4 is 11.9 Å². The van der Waals surface area contributed by atoms with Gasteiger partial charge in [-0.25, -0.2) is 0 Å². The van der Waals surface area contributed by atoms with E-state index < -0.39 is 12.0 Å². The van der Waals surface area contributed by atoms with E-state index in [4.69, 9.17) is 5.11 Å². The van der Waals surface area contributed by atoms with E-state index in [2.05, 4.69) is 10.6 Å².